The second-order valence-corrected chi connectivity index (χ2v) is 10.1. The molecule has 0 radical (unpaired) electrons. The van der Waals surface area contributed by atoms with E-state index in [4.69, 9.17) is 0 Å². The zero-order chi connectivity index (χ0) is 23.2. The first kappa shape index (κ1) is 34.0. The van der Waals surface area contributed by atoms with Crippen molar-refractivity contribution in [2.24, 2.45) is 10.2 Å². The van der Waals surface area contributed by atoms with Gasteiger partial charge >= 0.3 is 88.7 Å². The molecule has 3 aromatic rings. The number of rotatable bonds is 5. The van der Waals surface area contributed by atoms with E-state index in [1.165, 1.54) is 6.07 Å². The quantitative estimate of drug-likeness (QED) is 0.178. The Kier molecular flexibility index (Phi) is 12.5. The van der Waals surface area contributed by atoms with Crippen LogP contribution in [0.25, 0.3) is 10.8 Å². The Morgan fingerprint density at radius 3 is 1.71 bits per heavy atom. The average Bonchev–Trinajstić information content (AvgIpc) is 2.64. The van der Waals surface area contributed by atoms with Crippen LogP contribution in [-0.2, 0) is 30.4 Å². The Morgan fingerprint density at radius 1 is 0.647 bits per heavy atom. The number of aromatic hydroxyl groups is 1. The molecule has 12 nitrogen and oxygen atoms in total. The van der Waals surface area contributed by atoms with Gasteiger partial charge in [0.05, 0.1) is 14.7 Å². The number of fused-ring (bicyclic) bond motifs is 1. The smallest absolute Gasteiger partial charge is 0.744 e. The number of phenolic OH excluding ortho intramolecular Hbond substituents is 1. The Bertz CT molecular complexity index is 1580. The first-order chi connectivity index (χ1) is 14.2. The molecule has 0 unspecified atom stereocenters. The number of nitrogens with zero attached hydrogens (tertiary/aromatic N) is 2. The van der Waals surface area contributed by atoms with Crippen LogP contribution < -0.4 is 88.7 Å². The summed E-state index contributed by atoms with van der Waals surface area (Å²) in [5.41, 5.74) is -0.875. The van der Waals surface area contributed by atoms with E-state index in [-0.39, 0.29) is 105 Å². The number of hydrogen-bond donors (Lipinski definition) is 1. The molecule has 0 amide bonds. The van der Waals surface area contributed by atoms with Gasteiger partial charge in [-0.25, -0.2) is 25.3 Å². The van der Waals surface area contributed by atoms with Gasteiger partial charge in [-0.3, -0.25) is 0 Å². The number of phenols is 1. The standard InChI is InChI=1S/C16H12N2O10S3.3Na/c19-14-6-1-9-7-10(29(20,21)22)2-4-12(9)16(14)18-17-13-5-3-11(30(23,24)25)8-15(13)31(26,27)28;;;/h1-8,19H,(H,20,21,22)(H,23,24,25)(H,26,27,28);;;/q;3*+1/p-3. The molecule has 0 aliphatic rings. The van der Waals surface area contributed by atoms with E-state index in [2.05, 4.69) is 10.2 Å². The Labute approximate surface area is 261 Å². The zero-order valence-corrected chi connectivity index (χ0v) is 26.3. The molecular weight excluding hydrogens is 545 g/mol. The molecule has 3 rings (SSSR count). The SMILES string of the molecule is O=S(=O)([O-])c1ccc(N=Nc2c(O)ccc3cc(S(=O)(=O)[O-])ccc23)c(S(=O)(=O)[O-])c1.[Na+].[Na+].[Na+]. The minimum absolute atomic E-state index is 0. The molecule has 0 atom stereocenters. The summed E-state index contributed by atoms with van der Waals surface area (Å²) in [5, 5.41) is 17.6. The summed E-state index contributed by atoms with van der Waals surface area (Å²) >= 11 is 0. The zero-order valence-electron chi connectivity index (χ0n) is 17.9. The van der Waals surface area contributed by atoms with E-state index in [1.54, 1.807) is 0 Å². The van der Waals surface area contributed by atoms with E-state index in [0.29, 0.717) is 6.07 Å². The van der Waals surface area contributed by atoms with Crippen LogP contribution in [0.4, 0.5) is 11.4 Å². The van der Waals surface area contributed by atoms with E-state index in [9.17, 15) is 44.0 Å². The fourth-order valence-electron chi connectivity index (χ4n) is 2.58. The maximum absolute atomic E-state index is 11.5. The van der Waals surface area contributed by atoms with Gasteiger partial charge in [0.1, 0.15) is 47.5 Å². The maximum atomic E-state index is 11.5. The Balaban J connectivity index is 0.00000363. The molecule has 0 spiro atoms. The summed E-state index contributed by atoms with van der Waals surface area (Å²) in [6.45, 7) is 0. The van der Waals surface area contributed by atoms with E-state index < -0.39 is 56.5 Å². The summed E-state index contributed by atoms with van der Waals surface area (Å²) in [7, 11) is -15.1. The van der Waals surface area contributed by atoms with Crippen LogP contribution in [0.3, 0.4) is 0 Å². The second-order valence-electron chi connectivity index (χ2n) is 6.01. The molecule has 0 saturated heterocycles. The van der Waals surface area contributed by atoms with E-state index in [0.717, 1.165) is 36.4 Å². The molecular formula is C16H9N2Na3O10S3. The van der Waals surface area contributed by atoms with Crippen molar-refractivity contribution in [3.8, 4) is 5.75 Å². The Hall–Kier alpha value is 0.0500. The summed E-state index contributed by atoms with van der Waals surface area (Å²) in [4.78, 5) is -2.64. The fraction of sp³-hybridized carbons (Fsp3) is 0. The van der Waals surface area contributed by atoms with Gasteiger partial charge < -0.3 is 18.8 Å². The molecule has 0 aromatic heterocycles. The van der Waals surface area contributed by atoms with Crippen LogP contribution in [0.15, 0.2) is 73.4 Å². The summed E-state index contributed by atoms with van der Waals surface area (Å²) in [5.74, 6) is -0.459. The number of benzene rings is 3. The van der Waals surface area contributed by atoms with Gasteiger partial charge in [-0.15, -0.1) is 10.2 Å². The predicted octanol–water partition coefficient (Wildman–Crippen LogP) is -7.31. The first-order valence-corrected chi connectivity index (χ1v) is 12.1. The minimum Gasteiger partial charge on any atom is -0.744 e. The molecule has 0 aliphatic heterocycles. The molecule has 0 saturated carbocycles. The minimum atomic E-state index is -5.27. The van der Waals surface area contributed by atoms with Crippen LogP contribution in [0.5, 0.6) is 5.75 Å². The maximum Gasteiger partial charge on any atom is 1.00 e. The third-order valence-electron chi connectivity index (χ3n) is 3.98. The summed E-state index contributed by atoms with van der Waals surface area (Å²) < 4.78 is 101. The second kappa shape index (κ2) is 12.5. The van der Waals surface area contributed by atoms with Gasteiger partial charge in [0.25, 0.3) is 0 Å². The van der Waals surface area contributed by atoms with Crippen molar-refractivity contribution in [2.45, 2.75) is 14.7 Å². The molecule has 0 fully saturated rings. The van der Waals surface area contributed by atoms with Crippen LogP contribution >= 0.6 is 0 Å². The largest absolute Gasteiger partial charge is 1.00 e. The van der Waals surface area contributed by atoms with Gasteiger partial charge in [0.2, 0.25) is 0 Å². The normalized spacial score (nSPS) is 12.0. The molecule has 34 heavy (non-hydrogen) atoms. The average molecular weight is 554 g/mol. The van der Waals surface area contributed by atoms with Gasteiger partial charge in [-0.05, 0) is 41.8 Å². The molecule has 0 aliphatic carbocycles. The molecule has 18 heteroatoms. The van der Waals surface area contributed by atoms with Crippen LogP contribution in [0.2, 0.25) is 0 Å². The molecule has 0 bridgehead atoms. The summed E-state index contributed by atoms with van der Waals surface area (Å²) in [6, 6.07) is 7.38. The Morgan fingerprint density at radius 2 is 1.18 bits per heavy atom. The summed E-state index contributed by atoms with van der Waals surface area (Å²) in [6.07, 6.45) is 0. The number of azo groups is 1. The van der Waals surface area contributed by atoms with Gasteiger partial charge in [-0.1, -0.05) is 12.1 Å². The van der Waals surface area contributed by atoms with Crippen LogP contribution in [0.1, 0.15) is 0 Å². The third-order valence-corrected chi connectivity index (χ3v) is 6.51. The van der Waals surface area contributed by atoms with Crippen molar-refractivity contribution in [2.75, 3.05) is 0 Å². The fourth-order valence-corrected chi connectivity index (χ4v) is 4.29. The topological polar surface area (TPSA) is 217 Å². The third kappa shape index (κ3) is 8.03. The van der Waals surface area contributed by atoms with Crippen molar-refractivity contribution < 1.29 is 133 Å². The monoisotopic (exact) mass is 554 g/mol. The van der Waals surface area contributed by atoms with Crippen molar-refractivity contribution in [1.29, 1.82) is 0 Å². The van der Waals surface area contributed by atoms with Gasteiger partial charge in [0.15, 0.2) is 0 Å². The first-order valence-electron chi connectivity index (χ1n) is 7.87. The molecule has 1 N–H and O–H groups in total. The molecule has 3 aromatic carbocycles. The molecule has 164 valence electrons. The van der Waals surface area contributed by atoms with Gasteiger partial charge in [-0.2, -0.15) is 0 Å². The predicted molar refractivity (Wildman–Crippen MR) is 100 cm³/mol. The van der Waals surface area contributed by atoms with Crippen molar-refractivity contribution in [3.05, 3.63) is 48.5 Å². The van der Waals surface area contributed by atoms with Crippen molar-refractivity contribution in [3.63, 3.8) is 0 Å². The molecule has 0 heterocycles. The van der Waals surface area contributed by atoms with Crippen molar-refractivity contribution >= 4 is 52.5 Å². The van der Waals surface area contributed by atoms with Crippen molar-refractivity contribution in [1.82, 2.24) is 0 Å². The number of hydrogen-bond acceptors (Lipinski definition) is 12. The van der Waals surface area contributed by atoms with E-state index >= 15 is 0 Å². The van der Waals surface area contributed by atoms with Crippen LogP contribution in [-0.4, -0.2) is 44.0 Å². The van der Waals surface area contributed by atoms with Gasteiger partial charge in [0, 0.05) is 5.39 Å². The van der Waals surface area contributed by atoms with Crippen LogP contribution in [0, 0.1) is 0 Å². The van der Waals surface area contributed by atoms with E-state index in [1.807, 2.05) is 0 Å².